The molecule has 3 atom stereocenters. The minimum Gasteiger partial charge on any atom is -0.493 e. The molecule has 3 rings (SSSR count). The Hall–Kier alpha value is -1.73. The molecule has 0 bridgehead atoms. The molecule has 1 heterocycles. The number of amides is 2. The van der Waals surface area contributed by atoms with Crippen LogP contribution in [0.4, 0.5) is 10.5 Å². The van der Waals surface area contributed by atoms with Crippen LogP contribution in [0.25, 0.3) is 0 Å². The predicted octanol–water partition coefficient (Wildman–Crippen LogP) is 2.52. The number of nitrogens with zero attached hydrogens (tertiary/aromatic N) is 1. The maximum Gasteiger partial charge on any atom is 0.314 e. The van der Waals surface area contributed by atoms with Crippen molar-refractivity contribution < 1.29 is 14.3 Å². The van der Waals surface area contributed by atoms with Crippen LogP contribution in [0.5, 0.6) is 5.75 Å². The Balaban J connectivity index is 1.80. The van der Waals surface area contributed by atoms with Crippen LogP contribution in [0.1, 0.15) is 18.4 Å². The number of ether oxygens (including phenoxy) is 2. The van der Waals surface area contributed by atoms with E-state index in [9.17, 15) is 4.79 Å². The van der Waals surface area contributed by atoms with Crippen LogP contribution in [0.2, 0.25) is 0 Å². The average molecular weight is 349 g/mol. The molecule has 7 heteroatoms. The summed E-state index contributed by atoms with van der Waals surface area (Å²) in [5, 5.41) is 5.88. The van der Waals surface area contributed by atoms with Gasteiger partial charge in [-0.2, -0.15) is 0 Å². The van der Waals surface area contributed by atoms with Gasteiger partial charge in [0.2, 0.25) is 0 Å². The monoisotopic (exact) mass is 349 g/mol. The molecule has 1 aliphatic carbocycles. The molecule has 3 unspecified atom stereocenters. The highest BCUT2D eigenvalue weighted by atomic mass is 32.2. The fourth-order valence-electron chi connectivity index (χ4n) is 3.34. The van der Waals surface area contributed by atoms with Crippen molar-refractivity contribution in [2.75, 3.05) is 20.8 Å². The Morgan fingerprint density at radius 1 is 1.46 bits per heavy atom. The molecule has 0 saturated heterocycles. The zero-order valence-corrected chi connectivity index (χ0v) is 14.8. The third-order valence-electron chi connectivity index (χ3n) is 4.59. The molecule has 2 N–H and O–H groups in total. The van der Waals surface area contributed by atoms with E-state index in [0.29, 0.717) is 6.61 Å². The fourth-order valence-corrected chi connectivity index (χ4v) is 4.76. The Morgan fingerprint density at radius 2 is 2.29 bits per heavy atom. The molecule has 1 aromatic carbocycles. The molecule has 24 heavy (non-hydrogen) atoms. The van der Waals surface area contributed by atoms with Crippen LogP contribution in [-0.2, 0) is 11.2 Å². The van der Waals surface area contributed by atoms with E-state index in [1.54, 1.807) is 25.9 Å². The normalized spacial score (nSPS) is 25.0. The maximum absolute atomic E-state index is 11.7. The summed E-state index contributed by atoms with van der Waals surface area (Å²) in [6.45, 7) is 4.43. The first-order chi connectivity index (χ1) is 11.7. The Kier molecular flexibility index (Phi) is 5.30. The van der Waals surface area contributed by atoms with E-state index in [-0.39, 0.29) is 23.4 Å². The molecule has 1 fully saturated rings. The second-order valence-electron chi connectivity index (χ2n) is 5.96. The summed E-state index contributed by atoms with van der Waals surface area (Å²) in [4.78, 5) is 17.0. The van der Waals surface area contributed by atoms with Crippen LogP contribution >= 0.6 is 11.8 Å². The second kappa shape index (κ2) is 7.44. The first-order valence-electron chi connectivity index (χ1n) is 8.09. The number of fused-ring (bicyclic) bond motifs is 1. The molecular weight excluding hydrogens is 326 g/mol. The zero-order valence-electron chi connectivity index (χ0n) is 14.0. The standard InChI is InChI=1S/C17H23N3O3S/c1-18-16-11-6-7-23-13(11)4-5-14(16)24-15-9-10(22-3)8-12(15)20-17(21)19-2/h4-5,10,12,15H,1,6-9H2,2-3H3,(H2,19,20,21). The van der Waals surface area contributed by atoms with Crippen molar-refractivity contribution in [2.45, 2.75) is 41.6 Å². The van der Waals surface area contributed by atoms with E-state index in [2.05, 4.69) is 22.3 Å². The highest BCUT2D eigenvalue weighted by molar-refractivity contribution is 8.00. The number of hydrogen-bond acceptors (Lipinski definition) is 5. The molecule has 0 aromatic heterocycles. The van der Waals surface area contributed by atoms with Gasteiger partial charge >= 0.3 is 6.03 Å². The highest BCUT2D eigenvalue weighted by Gasteiger charge is 2.36. The van der Waals surface area contributed by atoms with Gasteiger partial charge in [0.15, 0.2) is 0 Å². The summed E-state index contributed by atoms with van der Waals surface area (Å²) >= 11 is 1.74. The van der Waals surface area contributed by atoms with Crippen LogP contribution in [0.3, 0.4) is 0 Å². The molecular formula is C17H23N3O3S. The van der Waals surface area contributed by atoms with Crippen molar-refractivity contribution in [3.05, 3.63) is 17.7 Å². The number of carbonyl (C=O) groups excluding carboxylic acids is 1. The lowest BCUT2D eigenvalue weighted by atomic mass is 10.1. The van der Waals surface area contributed by atoms with Gasteiger partial charge in [0.25, 0.3) is 0 Å². The van der Waals surface area contributed by atoms with Gasteiger partial charge in [-0.05, 0) is 31.7 Å². The summed E-state index contributed by atoms with van der Waals surface area (Å²) in [5.74, 6) is 0.906. The molecule has 6 nitrogen and oxygen atoms in total. The third-order valence-corrected chi connectivity index (χ3v) is 5.99. The Bertz CT molecular complexity index is 638. The van der Waals surface area contributed by atoms with E-state index in [4.69, 9.17) is 9.47 Å². The van der Waals surface area contributed by atoms with E-state index in [1.807, 2.05) is 12.1 Å². The summed E-state index contributed by atoms with van der Waals surface area (Å²) in [5.41, 5.74) is 2.04. The first-order valence-corrected chi connectivity index (χ1v) is 8.97. The molecule has 1 aromatic rings. The predicted molar refractivity (Wildman–Crippen MR) is 95.9 cm³/mol. The number of aliphatic imine (C=N–C) groups is 1. The molecule has 2 aliphatic rings. The number of hydrogen-bond donors (Lipinski definition) is 2. The lowest BCUT2D eigenvalue weighted by molar-refractivity contribution is 0.107. The van der Waals surface area contributed by atoms with Crippen LogP contribution in [0.15, 0.2) is 22.0 Å². The molecule has 130 valence electrons. The van der Waals surface area contributed by atoms with E-state index in [0.717, 1.165) is 41.2 Å². The van der Waals surface area contributed by atoms with E-state index in [1.165, 1.54) is 0 Å². The Morgan fingerprint density at radius 3 is 3.00 bits per heavy atom. The van der Waals surface area contributed by atoms with Crippen LogP contribution in [0, 0.1) is 0 Å². The number of methoxy groups -OCH3 is 1. The summed E-state index contributed by atoms with van der Waals surface area (Å²) in [6.07, 6.45) is 2.72. The minimum atomic E-state index is -0.160. The van der Waals surface area contributed by atoms with Crippen molar-refractivity contribution in [3.63, 3.8) is 0 Å². The van der Waals surface area contributed by atoms with Gasteiger partial charge in [-0.1, -0.05) is 0 Å². The number of carbonyl (C=O) groups is 1. The van der Waals surface area contributed by atoms with Crippen LogP contribution < -0.4 is 15.4 Å². The van der Waals surface area contributed by atoms with Crippen molar-refractivity contribution in [1.82, 2.24) is 10.6 Å². The summed E-state index contributed by atoms with van der Waals surface area (Å²) in [7, 11) is 3.35. The maximum atomic E-state index is 11.7. The summed E-state index contributed by atoms with van der Waals surface area (Å²) in [6, 6.07) is 3.94. The minimum absolute atomic E-state index is 0.0575. The molecule has 1 saturated carbocycles. The SMILES string of the molecule is C=Nc1c(SC2CC(OC)CC2NC(=O)NC)ccc2c1CCO2. The van der Waals surface area contributed by atoms with Crippen molar-refractivity contribution in [1.29, 1.82) is 0 Å². The van der Waals surface area contributed by atoms with Gasteiger partial charge in [0.05, 0.1) is 18.4 Å². The van der Waals surface area contributed by atoms with Gasteiger partial charge in [0, 0.05) is 42.3 Å². The fraction of sp³-hybridized carbons (Fsp3) is 0.529. The largest absolute Gasteiger partial charge is 0.493 e. The van der Waals surface area contributed by atoms with Gasteiger partial charge in [-0.25, -0.2) is 4.79 Å². The quantitative estimate of drug-likeness (QED) is 0.801. The summed E-state index contributed by atoms with van der Waals surface area (Å²) < 4.78 is 11.1. The lowest BCUT2D eigenvalue weighted by Crippen LogP contribution is -2.43. The Labute approximate surface area is 146 Å². The highest BCUT2D eigenvalue weighted by Crippen LogP contribution is 2.45. The first kappa shape index (κ1) is 17.1. The van der Waals surface area contributed by atoms with Gasteiger partial charge in [-0.15, -0.1) is 11.8 Å². The number of nitrogens with one attached hydrogen (secondary N) is 2. The van der Waals surface area contributed by atoms with Crippen molar-refractivity contribution >= 4 is 30.2 Å². The van der Waals surface area contributed by atoms with E-state index >= 15 is 0 Å². The zero-order chi connectivity index (χ0) is 17.1. The lowest BCUT2D eigenvalue weighted by Gasteiger charge is -2.21. The van der Waals surface area contributed by atoms with E-state index < -0.39 is 0 Å². The van der Waals surface area contributed by atoms with Gasteiger partial charge in [-0.3, -0.25) is 4.99 Å². The van der Waals surface area contributed by atoms with Crippen molar-refractivity contribution in [3.8, 4) is 5.75 Å². The molecule has 0 spiro atoms. The van der Waals surface area contributed by atoms with Crippen molar-refractivity contribution in [2.24, 2.45) is 4.99 Å². The average Bonchev–Trinajstić information content (AvgIpc) is 3.21. The van der Waals surface area contributed by atoms with Crippen LogP contribution in [-0.4, -0.2) is 50.9 Å². The molecule has 0 radical (unpaired) electrons. The number of benzene rings is 1. The third kappa shape index (κ3) is 3.37. The molecule has 2 amide bonds. The second-order valence-corrected chi connectivity index (χ2v) is 7.24. The van der Waals surface area contributed by atoms with Gasteiger partial charge < -0.3 is 20.1 Å². The number of rotatable bonds is 5. The topological polar surface area (TPSA) is 72.0 Å². The molecule has 1 aliphatic heterocycles. The van der Waals surface area contributed by atoms with Gasteiger partial charge in [0.1, 0.15) is 5.75 Å². The smallest absolute Gasteiger partial charge is 0.314 e. The number of thioether (sulfide) groups is 1. The number of urea groups is 1.